The van der Waals surface area contributed by atoms with Crippen molar-refractivity contribution >= 4 is 51.3 Å². The van der Waals surface area contributed by atoms with Gasteiger partial charge < -0.3 is 14.4 Å². The number of carboxylic acids is 1. The van der Waals surface area contributed by atoms with Crippen LogP contribution >= 0.6 is 24.0 Å². The molecule has 40 heavy (non-hydrogen) atoms. The molecule has 0 radical (unpaired) electrons. The van der Waals surface area contributed by atoms with Crippen molar-refractivity contribution in [3.63, 3.8) is 0 Å². The van der Waals surface area contributed by atoms with E-state index >= 15 is 0 Å². The van der Waals surface area contributed by atoms with Crippen molar-refractivity contribution in [1.82, 2.24) is 19.3 Å². The van der Waals surface area contributed by atoms with Gasteiger partial charge in [0.1, 0.15) is 17.0 Å². The fourth-order valence-electron chi connectivity index (χ4n) is 5.00. The predicted molar refractivity (Wildman–Crippen MR) is 152 cm³/mol. The number of carbonyl (C=O) groups is 1. The molecule has 212 valence electrons. The van der Waals surface area contributed by atoms with Crippen molar-refractivity contribution in [3.05, 3.63) is 81.9 Å². The Balaban J connectivity index is 0.00000370. The molecule has 4 aromatic rings. The van der Waals surface area contributed by atoms with Crippen molar-refractivity contribution in [2.24, 2.45) is 0 Å². The Morgan fingerprint density at radius 1 is 1.15 bits per heavy atom. The lowest BCUT2D eigenvalue weighted by Crippen LogP contribution is -2.37. The molecule has 1 aromatic heterocycles. The molecule has 0 amide bonds. The monoisotopic (exact) mass is 606 g/mol. The maximum absolute atomic E-state index is 12.9. The molecule has 5 rings (SSSR count). The standard InChI is InChI=1S/C27H27ClN4O6S.ClH/c1-16-3-4-18(11-19(16)14-31-15-20-12-21(33)5-8-25(20)38-39(31,36)37)23(13-26(34)35)22-6-7-24-27(17(22)2)29-30-32(24)10-9-28;/h3-8,11-12,23,33H,9-10,13-15H2,1-2H3,(H,34,35);1H. The third-order valence-corrected chi connectivity index (χ3v) is 8.51. The normalized spacial score (nSPS) is 15.2. The molecular weight excluding hydrogens is 579 g/mol. The first-order valence-electron chi connectivity index (χ1n) is 12.3. The van der Waals surface area contributed by atoms with Crippen molar-refractivity contribution in [3.8, 4) is 11.5 Å². The molecule has 0 fully saturated rings. The van der Waals surface area contributed by atoms with Crippen LogP contribution < -0.4 is 4.18 Å². The molecule has 2 heterocycles. The van der Waals surface area contributed by atoms with Crippen LogP contribution in [0.3, 0.4) is 0 Å². The van der Waals surface area contributed by atoms with Gasteiger partial charge in [-0.2, -0.15) is 12.7 Å². The summed E-state index contributed by atoms with van der Waals surface area (Å²) >= 11 is 5.89. The summed E-state index contributed by atoms with van der Waals surface area (Å²) in [7, 11) is -4.07. The summed E-state index contributed by atoms with van der Waals surface area (Å²) in [4.78, 5) is 11.9. The van der Waals surface area contributed by atoms with E-state index in [-0.39, 0.29) is 43.4 Å². The van der Waals surface area contributed by atoms with Crippen LogP contribution in [0.5, 0.6) is 11.5 Å². The topological polar surface area (TPSA) is 135 Å². The molecule has 1 aliphatic rings. The number of halogens is 2. The Labute approximate surface area is 242 Å². The number of fused-ring (bicyclic) bond motifs is 2. The highest BCUT2D eigenvalue weighted by Gasteiger charge is 2.32. The van der Waals surface area contributed by atoms with Gasteiger partial charge in [0.05, 0.1) is 18.5 Å². The number of hydrogen-bond acceptors (Lipinski definition) is 7. The Kier molecular flexibility index (Phi) is 8.60. The number of phenols is 1. The Morgan fingerprint density at radius 3 is 2.65 bits per heavy atom. The molecule has 0 spiro atoms. The van der Waals surface area contributed by atoms with E-state index in [1.165, 1.54) is 22.5 Å². The van der Waals surface area contributed by atoms with Gasteiger partial charge in [0.2, 0.25) is 0 Å². The highest BCUT2D eigenvalue weighted by atomic mass is 35.5. The second-order valence-electron chi connectivity index (χ2n) is 9.59. The highest BCUT2D eigenvalue weighted by molar-refractivity contribution is 7.84. The van der Waals surface area contributed by atoms with Crippen LogP contribution in [0, 0.1) is 13.8 Å². The number of aromatic hydroxyl groups is 1. The quantitative estimate of drug-likeness (QED) is 0.276. The van der Waals surface area contributed by atoms with E-state index < -0.39 is 22.2 Å². The van der Waals surface area contributed by atoms with Gasteiger partial charge in [-0.25, -0.2) is 4.68 Å². The lowest BCUT2D eigenvalue weighted by molar-refractivity contribution is -0.137. The summed E-state index contributed by atoms with van der Waals surface area (Å²) < 4.78 is 33.9. The number of aliphatic carboxylic acids is 1. The molecule has 3 aromatic carbocycles. The lowest BCUT2D eigenvalue weighted by atomic mass is 9.84. The zero-order chi connectivity index (χ0) is 27.9. The van der Waals surface area contributed by atoms with Crippen LogP contribution in [-0.2, 0) is 34.7 Å². The second kappa shape index (κ2) is 11.6. The van der Waals surface area contributed by atoms with Crippen LogP contribution in [0.1, 0.15) is 45.7 Å². The van der Waals surface area contributed by atoms with Gasteiger partial charge in [0, 0.05) is 30.5 Å². The summed E-state index contributed by atoms with van der Waals surface area (Å²) in [5.41, 5.74) is 5.97. The van der Waals surface area contributed by atoms with Crippen LogP contribution in [0.4, 0.5) is 0 Å². The number of rotatable bonds is 8. The Morgan fingerprint density at radius 2 is 1.93 bits per heavy atom. The maximum Gasteiger partial charge on any atom is 0.385 e. The number of hydrogen-bond donors (Lipinski definition) is 2. The van der Waals surface area contributed by atoms with Crippen molar-refractivity contribution in [1.29, 1.82) is 0 Å². The molecule has 1 aliphatic heterocycles. The first-order valence-corrected chi connectivity index (χ1v) is 14.2. The summed E-state index contributed by atoms with van der Waals surface area (Å²) in [6.45, 7) is 4.31. The minimum Gasteiger partial charge on any atom is -0.508 e. The molecule has 0 saturated heterocycles. The largest absolute Gasteiger partial charge is 0.508 e. The van der Waals surface area contributed by atoms with E-state index in [1.807, 2.05) is 44.2 Å². The van der Waals surface area contributed by atoms with Crippen LogP contribution in [0.25, 0.3) is 11.0 Å². The van der Waals surface area contributed by atoms with Gasteiger partial charge in [-0.15, -0.1) is 29.1 Å². The average molecular weight is 608 g/mol. The third-order valence-electron chi connectivity index (χ3n) is 7.06. The van der Waals surface area contributed by atoms with E-state index in [0.717, 1.165) is 27.8 Å². The Hall–Kier alpha value is -3.38. The van der Waals surface area contributed by atoms with E-state index in [1.54, 1.807) is 4.68 Å². The molecule has 1 atom stereocenters. The van der Waals surface area contributed by atoms with Gasteiger partial charge in [0.15, 0.2) is 0 Å². The van der Waals surface area contributed by atoms with E-state index in [0.29, 0.717) is 29.1 Å². The molecular formula is C27H28Cl2N4O6S. The number of alkyl halides is 1. The number of aryl methyl sites for hydroxylation is 3. The van der Waals surface area contributed by atoms with E-state index in [4.69, 9.17) is 15.8 Å². The summed E-state index contributed by atoms with van der Waals surface area (Å²) in [5.74, 6) is -0.879. The van der Waals surface area contributed by atoms with Crippen LogP contribution in [0.2, 0.25) is 0 Å². The summed E-state index contributed by atoms with van der Waals surface area (Å²) in [6.07, 6.45) is -0.164. The summed E-state index contributed by atoms with van der Waals surface area (Å²) in [5, 5.41) is 28.1. The smallest absolute Gasteiger partial charge is 0.385 e. The number of phenolic OH excluding ortho intramolecular Hbond substituents is 1. The van der Waals surface area contributed by atoms with Crippen molar-refractivity contribution in [2.75, 3.05) is 5.88 Å². The number of carboxylic acid groups (broad SMARTS) is 1. The van der Waals surface area contributed by atoms with Gasteiger partial charge in [-0.3, -0.25) is 4.79 Å². The zero-order valence-corrected chi connectivity index (χ0v) is 24.1. The highest BCUT2D eigenvalue weighted by Crippen LogP contribution is 2.36. The number of aromatic nitrogens is 3. The third kappa shape index (κ3) is 5.73. The van der Waals surface area contributed by atoms with Crippen LogP contribution in [0.15, 0.2) is 48.5 Å². The van der Waals surface area contributed by atoms with Crippen molar-refractivity contribution < 1.29 is 27.6 Å². The first-order chi connectivity index (χ1) is 18.6. The predicted octanol–water partition coefficient (Wildman–Crippen LogP) is 4.66. The van der Waals surface area contributed by atoms with Gasteiger partial charge in [-0.05, 0) is 65.9 Å². The lowest BCUT2D eigenvalue weighted by Gasteiger charge is -2.28. The second-order valence-corrected chi connectivity index (χ2v) is 11.5. The van der Waals surface area contributed by atoms with E-state index in [2.05, 4.69) is 10.3 Å². The molecule has 10 nitrogen and oxygen atoms in total. The molecule has 0 aliphatic carbocycles. The van der Waals surface area contributed by atoms with Crippen molar-refractivity contribution in [2.45, 2.75) is 45.8 Å². The molecule has 0 saturated carbocycles. The minimum absolute atomic E-state index is 0. The first kappa shape index (κ1) is 29.6. The van der Waals surface area contributed by atoms with Crippen LogP contribution in [-0.4, -0.2) is 49.8 Å². The molecule has 2 N–H and O–H groups in total. The van der Waals surface area contributed by atoms with Gasteiger partial charge in [0.25, 0.3) is 0 Å². The zero-order valence-electron chi connectivity index (χ0n) is 21.7. The van der Waals surface area contributed by atoms with Gasteiger partial charge >= 0.3 is 16.3 Å². The fourth-order valence-corrected chi connectivity index (χ4v) is 6.25. The maximum atomic E-state index is 12.9. The SMILES string of the molecule is Cc1ccc(C(CC(=O)O)c2ccc3c(nnn3CCCl)c2C)cc1CN1Cc2cc(O)ccc2OS1(=O)=O.Cl. The average Bonchev–Trinajstić information content (AvgIpc) is 3.29. The minimum atomic E-state index is -4.07. The molecule has 13 heteroatoms. The molecule has 0 bridgehead atoms. The molecule has 1 unspecified atom stereocenters. The number of benzene rings is 3. The van der Waals surface area contributed by atoms with E-state index in [9.17, 15) is 23.4 Å². The van der Waals surface area contributed by atoms with Gasteiger partial charge in [-0.1, -0.05) is 29.5 Å². The number of nitrogens with zero attached hydrogens (tertiary/aromatic N) is 4. The Bertz CT molecular complexity index is 1690. The fraction of sp³-hybridized carbons (Fsp3) is 0.296. The summed E-state index contributed by atoms with van der Waals surface area (Å²) in [6, 6.07) is 13.6.